The number of hydrogen-bond acceptors (Lipinski definition) is 3. The SMILES string of the molecule is CC(C)NC1N=C(C(F)(F)F)CCN1. The van der Waals surface area contributed by atoms with Crippen molar-refractivity contribution in [1.82, 2.24) is 10.6 Å². The maximum absolute atomic E-state index is 12.3. The number of hydrogen-bond donors (Lipinski definition) is 2. The fourth-order valence-corrected chi connectivity index (χ4v) is 1.22. The van der Waals surface area contributed by atoms with Crippen LogP contribution in [0.1, 0.15) is 20.3 Å². The molecule has 0 spiro atoms. The Labute approximate surface area is 80.8 Å². The lowest BCUT2D eigenvalue weighted by atomic mass is 10.2. The Morgan fingerprint density at radius 3 is 2.64 bits per heavy atom. The Kier molecular flexibility index (Phi) is 3.49. The molecule has 1 aliphatic rings. The summed E-state index contributed by atoms with van der Waals surface area (Å²) in [5, 5.41) is 5.74. The van der Waals surface area contributed by atoms with Gasteiger partial charge in [-0.15, -0.1) is 0 Å². The van der Waals surface area contributed by atoms with Gasteiger partial charge in [0.05, 0.1) is 0 Å². The van der Waals surface area contributed by atoms with Crippen LogP contribution < -0.4 is 10.6 Å². The molecule has 0 fully saturated rings. The van der Waals surface area contributed by atoms with E-state index in [1.54, 1.807) is 0 Å². The molecule has 0 aromatic rings. The lowest BCUT2D eigenvalue weighted by molar-refractivity contribution is -0.0617. The monoisotopic (exact) mass is 209 g/mol. The molecule has 1 unspecified atom stereocenters. The molecular formula is C8H14F3N3. The molecule has 14 heavy (non-hydrogen) atoms. The van der Waals surface area contributed by atoms with E-state index >= 15 is 0 Å². The quantitative estimate of drug-likeness (QED) is 0.718. The van der Waals surface area contributed by atoms with Gasteiger partial charge < -0.3 is 0 Å². The van der Waals surface area contributed by atoms with Crippen molar-refractivity contribution in [2.24, 2.45) is 4.99 Å². The lowest BCUT2D eigenvalue weighted by Crippen LogP contribution is -2.49. The third-order valence-corrected chi connectivity index (χ3v) is 1.80. The lowest BCUT2D eigenvalue weighted by Gasteiger charge is -2.25. The zero-order valence-corrected chi connectivity index (χ0v) is 8.15. The molecule has 1 heterocycles. The Balaban J connectivity index is 2.64. The van der Waals surface area contributed by atoms with Gasteiger partial charge in [0.25, 0.3) is 0 Å². The predicted octanol–water partition coefficient (Wildman–Crippen LogP) is 1.26. The third-order valence-electron chi connectivity index (χ3n) is 1.80. The van der Waals surface area contributed by atoms with E-state index in [4.69, 9.17) is 0 Å². The number of nitrogens with one attached hydrogen (secondary N) is 2. The summed E-state index contributed by atoms with van der Waals surface area (Å²) in [6.45, 7) is 4.03. The van der Waals surface area contributed by atoms with Crippen molar-refractivity contribution in [2.45, 2.75) is 38.8 Å². The minimum absolute atomic E-state index is 0.0558. The van der Waals surface area contributed by atoms with E-state index in [-0.39, 0.29) is 12.5 Å². The van der Waals surface area contributed by atoms with Gasteiger partial charge in [-0.25, -0.2) is 0 Å². The molecule has 2 N–H and O–H groups in total. The first-order chi connectivity index (χ1) is 6.39. The highest BCUT2D eigenvalue weighted by molar-refractivity contribution is 5.90. The smallest absolute Gasteiger partial charge is 0.283 e. The van der Waals surface area contributed by atoms with Gasteiger partial charge in [0.15, 0.2) is 6.29 Å². The highest BCUT2D eigenvalue weighted by Gasteiger charge is 2.37. The highest BCUT2D eigenvalue weighted by Crippen LogP contribution is 2.21. The van der Waals surface area contributed by atoms with E-state index in [2.05, 4.69) is 15.6 Å². The Morgan fingerprint density at radius 2 is 2.14 bits per heavy atom. The van der Waals surface area contributed by atoms with Gasteiger partial charge in [0, 0.05) is 19.0 Å². The zero-order valence-electron chi connectivity index (χ0n) is 8.15. The van der Waals surface area contributed by atoms with Gasteiger partial charge in [0.1, 0.15) is 5.71 Å². The number of nitrogens with zero attached hydrogens (tertiary/aromatic N) is 1. The average molecular weight is 209 g/mol. The van der Waals surface area contributed by atoms with E-state index in [1.807, 2.05) is 13.8 Å². The van der Waals surface area contributed by atoms with Gasteiger partial charge in [-0.1, -0.05) is 0 Å². The molecule has 1 rings (SSSR count). The van der Waals surface area contributed by atoms with Gasteiger partial charge in [0.2, 0.25) is 0 Å². The maximum Gasteiger partial charge on any atom is 0.429 e. The standard InChI is InChI=1S/C8H14F3N3/c1-5(2)13-7-12-4-3-6(14-7)8(9,10)11/h5,7,12-13H,3-4H2,1-2H3. The van der Waals surface area contributed by atoms with E-state index in [0.717, 1.165) is 0 Å². The molecule has 0 saturated carbocycles. The summed E-state index contributed by atoms with van der Waals surface area (Å²) in [6, 6.07) is 0.101. The second kappa shape index (κ2) is 4.27. The summed E-state index contributed by atoms with van der Waals surface area (Å²) < 4.78 is 36.8. The average Bonchev–Trinajstić information content (AvgIpc) is 2.01. The molecule has 0 radical (unpaired) electrons. The number of rotatable bonds is 2. The first-order valence-corrected chi connectivity index (χ1v) is 4.53. The van der Waals surface area contributed by atoms with Crippen molar-refractivity contribution in [1.29, 1.82) is 0 Å². The molecule has 0 bridgehead atoms. The molecule has 3 nitrogen and oxygen atoms in total. The van der Waals surface area contributed by atoms with E-state index in [9.17, 15) is 13.2 Å². The highest BCUT2D eigenvalue weighted by atomic mass is 19.4. The van der Waals surface area contributed by atoms with Crippen molar-refractivity contribution in [3.05, 3.63) is 0 Å². The number of aliphatic imine (C=N–C) groups is 1. The molecule has 82 valence electrons. The summed E-state index contributed by atoms with van der Waals surface area (Å²) in [7, 11) is 0. The molecule has 0 saturated heterocycles. The first kappa shape index (κ1) is 11.5. The Bertz CT molecular complexity index is 222. The molecule has 0 aromatic carbocycles. The van der Waals surface area contributed by atoms with Crippen molar-refractivity contribution in [3.8, 4) is 0 Å². The van der Waals surface area contributed by atoms with Gasteiger partial charge in [-0.3, -0.25) is 15.6 Å². The Hall–Kier alpha value is -0.620. The van der Waals surface area contributed by atoms with E-state index in [0.29, 0.717) is 6.54 Å². The van der Waals surface area contributed by atoms with Crippen LogP contribution in [0.5, 0.6) is 0 Å². The van der Waals surface area contributed by atoms with Crippen LogP contribution in [-0.2, 0) is 0 Å². The molecule has 6 heteroatoms. The topological polar surface area (TPSA) is 36.4 Å². The fourth-order valence-electron chi connectivity index (χ4n) is 1.22. The predicted molar refractivity (Wildman–Crippen MR) is 48.2 cm³/mol. The summed E-state index contributed by atoms with van der Waals surface area (Å²) in [4.78, 5) is 3.56. The molecule has 0 aromatic heterocycles. The second-order valence-electron chi connectivity index (χ2n) is 3.50. The minimum atomic E-state index is -4.29. The van der Waals surface area contributed by atoms with Crippen molar-refractivity contribution in [2.75, 3.05) is 6.54 Å². The number of halogens is 3. The summed E-state index contributed by atoms with van der Waals surface area (Å²) in [5.74, 6) is 0. The Morgan fingerprint density at radius 1 is 1.50 bits per heavy atom. The minimum Gasteiger partial charge on any atom is -0.283 e. The van der Waals surface area contributed by atoms with Crippen LogP contribution in [0.4, 0.5) is 13.2 Å². The first-order valence-electron chi connectivity index (χ1n) is 4.53. The summed E-state index contributed by atoms with van der Waals surface area (Å²) >= 11 is 0. The summed E-state index contributed by atoms with van der Waals surface area (Å²) in [6.07, 6.45) is -4.96. The van der Waals surface area contributed by atoms with Crippen molar-refractivity contribution >= 4 is 5.71 Å². The molecule has 1 atom stereocenters. The van der Waals surface area contributed by atoms with Crippen LogP contribution >= 0.6 is 0 Å². The van der Waals surface area contributed by atoms with Crippen LogP contribution in [0.2, 0.25) is 0 Å². The maximum atomic E-state index is 12.3. The second-order valence-corrected chi connectivity index (χ2v) is 3.50. The van der Waals surface area contributed by atoms with Gasteiger partial charge in [-0.2, -0.15) is 13.2 Å². The normalized spacial score (nSPS) is 23.9. The third kappa shape index (κ3) is 3.26. The fraction of sp³-hybridized carbons (Fsp3) is 0.875. The van der Waals surface area contributed by atoms with E-state index < -0.39 is 18.2 Å². The van der Waals surface area contributed by atoms with Crippen LogP contribution in [0.15, 0.2) is 4.99 Å². The van der Waals surface area contributed by atoms with Gasteiger partial charge >= 0.3 is 6.18 Å². The van der Waals surface area contributed by atoms with Crippen LogP contribution in [0, 0.1) is 0 Å². The molecule has 0 aliphatic carbocycles. The number of alkyl halides is 3. The van der Waals surface area contributed by atoms with Gasteiger partial charge in [-0.05, 0) is 13.8 Å². The molecule has 1 aliphatic heterocycles. The largest absolute Gasteiger partial charge is 0.429 e. The van der Waals surface area contributed by atoms with Crippen LogP contribution in [-0.4, -0.2) is 30.8 Å². The van der Waals surface area contributed by atoms with Crippen LogP contribution in [0.25, 0.3) is 0 Å². The van der Waals surface area contributed by atoms with E-state index in [1.165, 1.54) is 0 Å². The molecule has 0 amide bonds. The van der Waals surface area contributed by atoms with Crippen LogP contribution in [0.3, 0.4) is 0 Å². The molecular weight excluding hydrogens is 195 g/mol. The zero-order chi connectivity index (χ0) is 10.8. The summed E-state index contributed by atoms with van der Waals surface area (Å²) in [5.41, 5.74) is -0.686. The van der Waals surface area contributed by atoms with Crippen molar-refractivity contribution in [3.63, 3.8) is 0 Å². The van der Waals surface area contributed by atoms with Crippen molar-refractivity contribution < 1.29 is 13.2 Å².